The first kappa shape index (κ1) is 12.4. The average Bonchev–Trinajstić information content (AvgIpc) is 2.93. The van der Waals surface area contributed by atoms with E-state index in [1.807, 2.05) is 11.8 Å². The van der Waals surface area contributed by atoms with Gasteiger partial charge in [0.1, 0.15) is 5.82 Å². The summed E-state index contributed by atoms with van der Waals surface area (Å²) in [6.07, 6.45) is 8.25. The molecule has 1 saturated heterocycles. The molecule has 1 N–H and O–H groups in total. The first-order chi connectivity index (χ1) is 8.88. The minimum Gasteiger partial charge on any atom is -0.310 e. The van der Waals surface area contributed by atoms with E-state index in [9.17, 15) is 0 Å². The molecule has 1 aromatic heterocycles. The summed E-state index contributed by atoms with van der Waals surface area (Å²) >= 11 is 2.02. The fourth-order valence-electron chi connectivity index (χ4n) is 2.96. The summed E-state index contributed by atoms with van der Waals surface area (Å²) in [5, 5.41) is 4.10. The third-order valence-corrected chi connectivity index (χ3v) is 5.24. The molecule has 1 aliphatic carbocycles. The van der Waals surface area contributed by atoms with Crippen LogP contribution < -0.4 is 5.32 Å². The summed E-state index contributed by atoms with van der Waals surface area (Å²) in [7, 11) is 0. The summed E-state index contributed by atoms with van der Waals surface area (Å²) in [6.45, 7) is 3.18. The predicted molar refractivity (Wildman–Crippen MR) is 75.8 cm³/mol. The highest BCUT2D eigenvalue weighted by molar-refractivity contribution is 7.99. The number of aromatic nitrogens is 2. The molecule has 0 radical (unpaired) electrons. The highest BCUT2D eigenvalue weighted by Gasteiger charge is 2.25. The lowest BCUT2D eigenvalue weighted by Gasteiger charge is -2.25. The molecule has 1 aliphatic heterocycles. The van der Waals surface area contributed by atoms with Gasteiger partial charge in [-0.1, -0.05) is 6.92 Å². The molecule has 2 unspecified atom stereocenters. The van der Waals surface area contributed by atoms with Gasteiger partial charge in [0.25, 0.3) is 0 Å². The van der Waals surface area contributed by atoms with Gasteiger partial charge in [-0.2, -0.15) is 11.8 Å². The van der Waals surface area contributed by atoms with Gasteiger partial charge in [0.15, 0.2) is 0 Å². The number of nitrogens with zero attached hydrogens (tertiary/aromatic N) is 2. The van der Waals surface area contributed by atoms with E-state index in [1.54, 1.807) is 0 Å². The van der Waals surface area contributed by atoms with E-state index in [2.05, 4.69) is 23.4 Å². The number of hydrogen-bond acceptors (Lipinski definition) is 4. The maximum Gasteiger partial charge on any atom is 0.141 e. The molecule has 0 saturated carbocycles. The van der Waals surface area contributed by atoms with Crippen LogP contribution in [0.25, 0.3) is 0 Å². The minimum absolute atomic E-state index is 0.476. The van der Waals surface area contributed by atoms with E-state index in [1.165, 1.54) is 42.7 Å². The molecule has 0 amide bonds. The lowest BCUT2D eigenvalue weighted by Crippen LogP contribution is -2.26. The molecular weight excluding hydrogens is 242 g/mol. The van der Waals surface area contributed by atoms with Crippen molar-refractivity contribution < 1.29 is 0 Å². The van der Waals surface area contributed by atoms with Crippen LogP contribution in [-0.2, 0) is 6.42 Å². The van der Waals surface area contributed by atoms with Crippen LogP contribution in [-0.4, -0.2) is 22.3 Å². The fourth-order valence-corrected chi connectivity index (χ4v) is 4.17. The van der Waals surface area contributed by atoms with E-state index in [0.29, 0.717) is 11.3 Å². The molecule has 0 spiro atoms. The Kier molecular flexibility index (Phi) is 3.85. The first-order valence-electron chi connectivity index (χ1n) is 7.09. The van der Waals surface area contributed by atoms with Gasteiger partial charge in [-0.25, -0.2) is 9.97 Å². The van der Waals surface area contributed by atoms with Crippen molar-refractivity contribution in [2.45, 2.75) is 50.3 Å². The quantitative estimate of drug-likeness (QED) is 0.909. The van der Waals surface area contributed by atoms with Crippen molar-refractivity contribution in [2.24, 2.45) is 0 Å². The summed E-state index contributed by atoms with van der Waals surface area (Å²) in [5.74, 6) is 2.35. The van der Waals surface area contributed by atoms with Crippen LogP contribution in [0.15, 0.2) is 6.20 Å². The van der Waals surface area contributed by atoms with Crippen LogP contribution in [0.3, 0.4) is 0 Å². The molecular formula is C14H21N3S. The van der Waals surface area contributed by atoms with Crippen LogP contribution in [0.5, 0.6) is 0 Å². The second-order valence-electron chi connectivity index (χ2n) is 5.13. The molecule has 1 fully saturated rings. The fraction of sp³-hybridized carbons (Fsp3) is 0.714. The Balaban J connectivity index is 1.85. The van der Waals surface area contributed by atoms with Crippen molar-refractivity contribution in [3.05, 3.63) is 23.3 Å². The Morgan fingerprint density at radius 1 is 1.39 bits per heavy atom. The molecule has 1 aromatic rings. The van der Waals surface area contributed by atoms with E-state index >= 15 is 0 Å². The Bertz CT molecular complexity index is 416. The van der Waals surface area contributed by atoms with E-state index in [-0.39, 0.29) is 0 Å². The van der Waals surface area contributed by atoms with Crippen LogP contribution in [0.4, 0.5) is 0 Å². The molecule has 98 valence electrons. The Morgan fingerprint density at radius 3 is 3.11 bits per heavy atom. The monoisotopic (exact) mass is 263 g/mol. The molecule has 3 rings (SSSR count). The molecule has 0 aromatic carbocycles. The van der Waals surface area contributed by atoms with Crippen molar-refractivity contribution in [3.8, 4) is 0 Å². The van der Waals surface area contributed by atoms with Gasteiger partial charge in [0, 0.05) is 23.5 Å². The van der Waals surface area contributed by atoms with Gasteiger partial charge in [-0.05, 0) is 44.4 Å². The maximum atomic E-state index is 4.86. The van der Waals surface area contributed by atoms with Gasteiger partial charge >= 0.3 is 0 Å². The van der Waals surface area contributed by atoms with Gasteiger partial charge in [-0.3, -0.25) is 0 Å². The molecule has 2 heterocycles. The van der Waals surface area contributed by atoms with Gasteiger partial charge in [0.05, 0.1) is 5.25 Å². The highest BCUT2D eigenvalue weighted by atomic mass is 32.2. The number of fused-ring (bicyclic) bond motifs is 1. The van der Waals surface area contributed by atoms with Crippen molar-refractivity contribution in [3.63, 3.8) is 0 Å². The van der Waals surface area contributed by atoms with Gasteiger partial charge in [-0.15, -0.1) is 0 Å². The summed E-state index contributed by atoms with van der Waals surface area (Å²) in [5.41, 5.74) is 2.64. The standard InChI is InChI=1S/C14H21N3S/c1-2-15-11-5-3-6-12-10(11)9-16-14(17-12)13-7-4-8-18-13/h9,11,13,15H,2-8H2,1H3. The molecule has 0 bridgehead atoms. The lowest BCUT2D eigenvalue weighted by molar-refractivity contribution is 0.462. The zero-order valence-electron chi connectivity index (χ0n) is 11.0. The van der Waals surface area contributed by atoms with Crippen molar-refractivity contribution in [1.82, 2.24) is 15.3 Å². The van der Waals surface area contributed by atoms with Crippen LogP contribution in [0.2, 0.25) is 0 Å². The third-order valence-electron chi connectivity index (χ3n) is 3.87. The Hall–Kier alpha value is -0.610. The smallest absolute Gasteiger partial charge is 0.141 e. The number of nitrogens with one attached hydrogen (secondary N) is 1. The minimum atomic E-state index is 0.476. The number of rotatable bonds is 3. The summed E-state index contributed by atoms with van der Waals surface area (Å²) in [4.78, 5) is 9.49. The van der Waals surface area contributed by atoms with Crippen LogP contribution in [0, 0.1) is 0 Å². The second-order valence-corrected chi connectivity index (χ2v) is 6.45. The Labute approximate surface area is 113 Å². The predicted octanol–water partition coefficient (Wildman–Crippen LogP) is 3.03. The number of aryl methyl sites for hydroxylation is 1. The van der Waals surface area contributed by atoms with Crippen molar-refractivity contribution >= 4 is 11.8 Å². The highest BCUT2D eigenvalue weighted by Crippen LogP contribution is 2.39. The third kappa shape index (κ3) is 2.41. The zero-order chi connectivity index (χ0) is 12.4. The van der Waals surface area contributed by atoms with E-state index < -0.39 is 0 Å². The first-order valence-corrected chi connectivity index (χ1v) is 8.14. The SMILES string of the molecule is CCNC1CCCc2nc(C3CCCS3)ncc21. The summed E-state index contributed by atoms with van der Waals surface area (Å²) < 4.78 is 0. The average molecular weight is 263 g/mol. The molecule has 2 atom stereocenters. The number of thioether (sulfide) groups is 1. The summed E-state index contributed by atoms with van der Waals surface area (Å²) in [6, 6.07) is 0.476. The van der Waals surface area contributed by atoms with E-state index in [4.69, 9.17) is 4.98 Å². The van der Waals surface area contributed by atoms with Crippen molar-refractivity contribution in [1.29, 1.82) is 0 Å². The normalized spacial score (nSPS) is 27.2. The van der Waals surface area contributed by atoms with E-state index in [0.717, 1.165) is 18.8 Å². The van der Waals surface area contributed by atoms with Gasteiger partial charge < -0.3 is 5.32 Å². The second kappa shape index (κ2) is 5.57. The van der Waals surface area contributed by atoms with Crippen LogP contribution >= 0.6 is 11.8 Å². The largest absolute Gasteiger partial charge is 0.310 e. The molecule has 4 heteroatoms. The van der Waals surface area contributed by atoms with Crippen molar-refractivity contribution in [2.75, 3.05) is 12.3 Å². The number of hydrogen-bond donors (Lipinski definition) is 1. The molecule has 3 nitrogen and oxygen atoms in total. The maximum absolute atomic E-state index is 4.86. The topological polar surface area (TPSA) is 37.8 Å². The lowest BCUT2D eigenvalue weighted by atomic mass is 9.92. The zero-order valence-corrected chi connectivity index (χ0v) is 11.8. The molecule has 18 heavy (non-hydrogen) atoms. The van der Waals surface area contributed by atoms with Gasteiger partial charge in [0.2, 0.25) is 0 Å². The Morgan fingerprint density at radius 2 is 2.33 bits per heavy atom. The van der Waals surface area contributed by atoms with Crippen LogP contribution in [0.1, 0.15) is 61.0 Å². The molecule has 2 aliphatic rings.